The number of para-hydroxylation sites is 1. The Labute approximate surface area is 135 Å². The third kappa shape index (κ3) is 1.86. The van der Waals surface area contributed by atoms with Gasteiger partial charge < -0.3 is 10.3 Å². The first-order valence-corrected chi connectivity index (χ1v) is 8.66. The molecular formula is C18H22N4O. The molecule has 2 heterocycles. The molecule has 4 aliphatic rings. The van der Waals surface area contributed by atoms with Gasteiger partial charge in [0.15, 0.2) is 0 Å². The van der Waals surface area contributed by atoms with Crippen LogP contribution in [0.2, 0.25) is 0 Å². The summed E-state index contributed by atoms with van der Waals surface area (Å²) in [6, 6.07) is 7.65. The number of H-pyrrole nitrogens is 1. The molecule has 120 valence electrons. The zero-order valence-electron chi connectivity index (χ0n) is 13.3. The highest BCUT2D eigenvalue weighted by atomic mass is 16.1. The van der Waals surface area contributed by atoms with Gasteiger partial charge >= 0.3 is 0 Å². The van der Waals surface area contributed by atoms with E-state index in [0.29, 0.717) is 10.9 Å². The monoisotopic (exact) mass is 310 g/mol. The van der Waals surface area contributed by atoms with Crippen LogP contribution in [0.25, 0.3) is 10.9 Å². The van der Waals surface area contributed by atoms with Crippen LogP contribution >= 0.6 is 0 Å². The van der Waals surface area contributed by atoms with Crippen LogP contribution < -0.4 is 10.9 Å². The molecule has 0 amide bonds. The number of piperazine rings is 1. The lowest BCUT2D eigenvalue weighted by molar-refractivity contribution is 0.0000762. The van der Waals surface area contributed by atoms with Gasteiger partial charge in [-0.3, -0.25) is 9.69 Å². The van der Waals surface area contributed by atoms with Crippen molar-refractivity contribution in [2.75, 3.05) is 26.2 Å². The van der Waals surface area contributed by atoms with Gasteiger partial charge in [-0.2, -0.15) is 0 Å². The number of nitrogens with zero attached hydrogens (tertiary/aromatic N) is 2. The second kappa shape index (κ2) is 4.65. The minimum absolute atomic E-state index is 0.00606. The summed E-state index contributed by atoms with van der Waals surface area (Å²) in [7, 11) is 0. The van der Waals surface area contributed by atoms with E-state index in [1.54, 1.807) is 0 Å². The molecular weight excluding hydrogens is 288 g/mol. The molecule has 0 atom stereocenters. The fourth-order valence-electron chi connectivity index (χ4n) is 5.18. The molecule has 1 aromatic carbocycles. The molecule has 1 saturated heterocycles. The van der Waals surface area contributed by atoms with E-state index in [-0.39, 0.29) is 11.0 Å². The number of fused-ring (bicyclic) bond motifs is 2. The van der Waals surface area contributed by atoms with Crippen molar-refractivity contribution in [2.24, 2.45) is 0 Å². The van der Waals surface area contributed by atoms with Crippen molar-refractivity contribution in [3.63, 3.8) is 0 Å². The Hall–Kier alpha value is -1.72. The average molecular weight is 310 g/mol. The van der Waals surface area contributed by atoms with Crippen molar-refractivity contribution in [1.82, 2.24) is 20.2 Å². The molecule has 5 heteroatoms. The number of aromatic nitrogens is 2. The average Bonchev–Trinajstić information content (AvgIpc) is 3.13. The third-order valence-electron chi connectivity index (χ3n) is 6.31. The molecule has 5 nitrogen and oxygen atoms in total. The van der Waals surface area contributed by atoms with E-state index < -0.39 is 0 Å². The Morgan fingerprint density at radius 1 is 1.09 bits per heavy atom. The van der Waals surface area contributed by atoms with Crippen LogP contribution in [0, 0.1) is 0 Å². The number of nitrogens with one attached hydrogen (secondary N) is 2. The molecule has 6 rings (SSSR count). The molecule has 1 aromatic heterocycles. The van der Waals surface area contributed by atoms with Gasteiger partial charge in [-0.25, -0.2) is 4.98 Å². The van der Waals surface area contributed by atoms with Crippen molar-refractivity contribution in [3.05, 3.63) is 40.4 Å². The molecule has 2 bridgehead atoms. The maximum atomic E-state index is 12.4. The van der Waals surface area contributed by atoms with Crippen LogP contribution in [0.4, 0.5) is 0 Å². The number of hydrogen-bond acceptors (Lipinski definition) is 4. The SMILES string of the molecule is O=c1[nH]c(C23CCC(N4CCNCC4)(C2)C3)nc2ccccc12. The molecule has 3 saturated carbocycles. The third-order valence-corrected chi connectivity index (χ3v) is 6.31. The van der Waals surface area contributed by atoms with Crippen molar-refractivity contribution in [2.45, 2.75) is 36.6 Å². The van der Waals surface area contributed by atoms with Crippen molar-refractivity contribution in [1.29, 1.82) is 0 Å². The highest BCUT2D eigenvalue weighted by Crippen LogP contribution is 2.63. The van der Waals surface area contributed by atoms with E-state index in [0.717, 1.165) is 56.8 Å². The van der Waals surface area contributed by atoms with Crippen LogP contribution in [0.3, 0.4) is 0 Å². The summed E-state index contributed by atoms with van der Waals surface area (Å²) in [6.45, 7) is 4.50. The Bertz CT molecular complexity index is 815. The van der Waals surface area contributed by atoms with Crippen LogP contribution in [0.15, 0.2) is 29.1 Å². The van der Waals surface area contributed by atoms with Crippen LogP contribution in [0.1, 0.15) is 31.5 Å². The van der Waals surface area contributed by atoms with E-state index >= 15 is 0 Å². The largest absolute Gasteiger partial charge is 0.314 e. The lowest BCUT2D eigenvalue weighted by atomic mass is 9.63. The molecule has 2 N–H and O–H groups in total. The molecule has 4 fully saturated rings. The summed E-state index contributed by atoms with van der Waals surface area (Å²) in [5.41, 5.74) is 1.30. The Kier molecular flexibility index (Phi) is 2.77. The molecule has 0 radical (unpaired) electrons. The fourth-order valence-corrected chi connectivity index (χ4v) is 5.18. The highest BCUT2D eigenvalue weighted by molar-refractivity contribution is 5.77. The van der Waals surface area contributed by atoms with E-state index in [2.05, 4.69) is 15.2 Å². The van der Waals surface area contributed by atoms with E-state index in [4.69, 9.17) is 4.98 Å². The van der Waals surface area contributed by atoms with Gasteiger partial charge in [0.25, 0.3) is 5.56 Å². The fraction of sp³-hybridized carbons (Fsp3) is 0.556. The van der Waals surface area contributed by atoms with Gasteiger partial charge in [0, 0.05) is 37.1 Å². The number of hydrogen-bond donors (Lipinski definition) is 2. The van der Waals surface area contributed by atoms with E-state index in [1.165, 1.54) is 6.42 Å². The Morgan fingerprint density at radius 2 is 1.87 bits per heavy atom. The zero-order valence-corrected chi connectivity index (χ0v) is 13.3. The summed E-state index contributed by atoms with van der Waals surface area (Å²) in [5.74, 6) is 0.921. The maximum absolute atomic E-state index is 12.4. The quantitative estimate of drug-likeness (QED) is 0.880. The summed E-state index contributed by atoms with van der Waals surface area (Å²) in [6.07, 6.45) is 4.70. The smallest absolute Gasteiger partial charge is 0.258 e. The van der Waals surface area contributed by atoms with E-state index in [9.17, 15) is 4.79 Å². The highest BCUT2D eigenvalue weighted by Gasteiger charge is 2.64. The van der Waals surface area contributed by atoms with Crippen molar-refractivity contribution >= 4 is 10.9 Å². The van der Waals surface area contributed by atoms with E-state index in [1.807, 2.05) is 24.3 Å². The zero-order chi connectivity index (χ0) is 15.5. The minimum atomic E-state index is 0.00606. The van der Waals surface area contributed by atoms with Gasteiger partial charge in [-0.1, -0.05) is 12.1 Å². The first-order chi connectivity index (χ1) is 11.2. The van der Waals surface area contributed by atoms with Crippen LogP contribution in [-0.2, 0) is 5.41 Å². The number of aromatic amines is 1. The Balaban J connectivity index is 1.49. The number of benzene rings is 1. The lowest BCUT2D eigenvalue weighted by Crippen LogP contribution is -2.62. The summed E-state index contributed by atoms with van der Waals surface area (Å²) in [4.78, 5) is 23.0. The lowest BCUT2D eigenvalue weighted by Gasteiger charge is -2.54. The topological polar surface area (TPSA) is 61.0 Å². The molecule has 3 aliphatic carbocycles. The predicted molar refractivity (Wildman–Crippen MR) is 89.7 cm³/mol. The van der Waals surface area contributed by atoms with Crippen LogP contribution in [-0.4, -0.2) is 46.6 Å². The maximum Gasteiger partial charge on any atom is 0.258 e. The summed E-state index contributed by atoms with van der Waals surface area (Å²) in [5, 5.41) is 4.13. The van der Waals surface area contributed by atoms with Gasteiger partial charge in [-0.15, -0.1) is 0 Å². The van der Waals surface area contributed by atoms with Crippen LogP contribution in [0.5, 0.6) is 0 Å². The first kappa shape index (κ1) is 13.7. The van der Waals surface area contributed by atoms with Crippen molar-refractivity contribution < 1.29 is 0 Å². The first-order valence-electron chi connectivity index (χ1n) is 8.66. The molecule has 23 heavy (non-hydrogen) atoms. The predicted octanol–water partition coefficient (Wildman–Crippen LogP) is 1.39. The molecule has 0 spiro atoms. The van der Waals surface area contributed by atoms with Gasteiger partial charge in [-0.05, 0) is 37.8 Å². The standard InChI is InChI=1S/C18H22N4O/c23-15-13-3-1-2-4-14(13)20-16(21-15)17-5-6-18(11-17,12-17)22-9-7-19-8-10-22/h1-4,19H,5-12H2,(H,20,21,23). The molecule has 1 aliphatic heterocycles. The Morgan fingerprint density at radius 3 is 2.70 bits per heavy atom. The summed E-state index contributed by atoms with van der Waals surface area (Å²) < 4.78 is 0. The second-order valence-corrected chi connectivity index (χ2v) is 7.53. The summed E-state index contributed by atoms with van der Waals surface area (Å²) >= 11 is 0. The second-order valence-electron chi connectivity index (χ2n) is 7.53. The molecule has 0 unspecified atom stereocenters. The number of rotatable bonds is 2. The van der Waals surface area contributed by atoms with Crippen molar-refractivity contribution in [3.8, 4) is 0 Å². The van der Waals surface area contributed by atoms with Gasteiger partial charge in [0.1, 0.15) is 5.82 Å². The van der Waals surface area contributed by atoms with Gasteiger partial charge in [0.05, 0.1) is 10.9 Å². The molecule has 2 aromatic rings. The minimum Gasteiger partial charge on any atom is -0.314 e. The van der Waals surface area contributed by atoms with Gasteiger partial charge in [0.2, 0.25) is 0 Å². The normalized spacial score (nSPS) is 33.7.